The second-order valence-corrected chi connectivity index (χ2v) is 5.55. The van der Waals surface area contributed by atoms with Crippen molar-refractivity contribution in [2.75, 3.05) is 20.3 Å². The average Bonchev–Trinajstić information content (AvgIpc) is 3.13. The molecule has 3 unspecified atom stereocenters. The van der Waals surface area contributed by atoms with E-state index in [4.69, 9.17) is 9.47 Å². The number of amides is 1. The molecule has 4 nitrogen and oxygen atoms in total. The first-order valence-electron chi connectivity index (χ1n) is 7.29. The van der Waals surface area contributed by atoms with E-state index < -0.39 is 0 Å². The van der Waals surface area contributed by atoms with Crippen LogP contribution in [0.4, 0.5) is 0 Å². The highest BCUT2D eigenvalue weighted by molar-refractivity contribution is 5.75. The minimum atomic E-state index is 0.0488. The summed E-state index contributed by atoms with van der Waals surface area (Å²) < 4.78 is 11.2. The van der Waals surface area contributed by atoms with Gasteiger partial charge in [0.2, 0.25) is 5.91 Å². The molecule has 108 valence electrons. The van der Waals surface area contributed by atoms with Crippen LogP contribution in [0.1, 0.15) is 42.9 Å². The lowest BCUT2D eigenvalue weighted by molar-refractivity contribution is -0.120. The molecule has 0 radical (unpaired) electrons. The van der Waals surface area contributed by atoms with E-state index in [-0.39, 0.29) is 12.0 Å². The maximum atomic E-state index is 11.3. The van der Waals surface area contributed by atoms with E-state index in [0.717, 1.165) is 18.7 Å². The van der Waals surface area contributed by atoms with Crippen LogP contribution >= 0.6 is 0 Å². The van der Waals surface area contributed by atoms with Crippen LogP contribution in [0.15, 0.2) is 18.2 Å². The third kappa shape index (κ3) is 2.40. The molecule has 1 N–H and O–H groups in total. The van der Waals surface area contributed by atoms with Gasteiger partial charge in [0.15, 0.2) is 0 Å². The molecule has 3 rings (SSSR count). The van der Waals surface area contributed by atoms with Crippen LogP contribution in [0.2, 0.25) is 0 Å². The third-order valence-electron chi connectivity index (χ3n) is 4.30. The predicted octanol–water partition coefficient (Wildman–Crippen LogP) is 2.40. The lowest BCUT2D eigenvalue weighted by atomic mass is 9.98. The number of benzene rings is 1. The molecule has 20 heavy (non-hydrogen) atoms. The normalized spacial score (nSPS) is 26.8. The lowest BCUT2D eigenvalue weighted by Crippen LogP contribution is -2.24. The average molecular weight is 275 g/mol. The van der Waals surface area contributed by atoms with E-state index in [9.17, 15) is 4.79 Å². The number of ether oxygens (including phenoxy) is 2. The zero-order valence-corrected chi connectivity index (χ0v) is 12.0. The summed E-state index contributed by atoms with van der Waals surface area (Å²) in [6.07, 6.45) is 1.74. The van der Waals surface area contributed by atoms with Crippen molar-refractivity contribution in [2.45, 2.75) is 31.8 Å². The van der Waals surface area contributed by atoms with Gasteiger partial charge in [0.05, 0.1) is 0 Å². The van der Waals surface area contributed by atoms with Crippen molar-refractivity contribution in [3.8, 4) is 5.75 Å². The quantitative estimate of drug-likeness (QED) is 0.897. The Morgan fingerprint density at radius 3 is 3.10 bits per heavy atom. The summed E-state index contributed by atoms with van der Waals surface area (Å²) in [5, 5.41) is 2.99. The Labute approximate surface area is 119 Å². The van der Waals surface area contributed by atoms with Gasteiger partial charge in [-0.2, -0.15) is 0 Å². The van der Waals surface area contributed by atoms with Crippen molar-refractivity contribution >= 4 is 5.91 Å². The lowest BCUT2D eigenvalue weighted by Gasteiger charge is -2.12. The first-order chi connectivity index (χ1) is 9.74. The van der Waals surface area contributed by atoms with E-state index in [1.165, 1.54) is 11.1 Å². The molecular formula is C16H21NO3. The molecule has 0 saturated heterocycles. The number of fused-ring (bicyclic) bond motifs is 1. The number of nitrogens with one attached hydrogen (secondary N) is 1. The topological polar surface area (TPSA) is 47.6 Å². The van der Waals surface area contributed by atoms with E-state index in [1.807, 2.05) is 19.1 Å². The van der Waals surface area contributed by atoms with E-state index in [2.05, 4.69) is 11.4 Å². The Morgan fingerprint density at radius 2 is 2.35 bits per heavy atom. The molecule has 4 heteroatoms. The molecule has 1 aliphatic heterocycles. The smallest absolute Gasteiger partial charge is 0.219 e. The van der Waals surface area contributed by atoms with Gasteiger partial charge in [-0.3, -0.25) is 4.79 Å². The van der Waals surface area contributed by atoms with Gasteiger partial charge in [-0.1, -0.05) is 19.1 Å². The highest BCUT2D eigenvalue weighted by Crippen LogP contribution is 2.52. The summed E-state index contributed by atoms with van der Waals surface area (Å²) in [7, 11) is 1.73. The fourth-order valence-corrected chi connectivity index (χ4v) is 3.01. The standard InChI is InChI=1S/C16H21NO3/c1-3-15(18)17-8-10-7-12(10)11-5-4-6-13-16(11)14(19-2)9-20-13/h4-6,10,12,14H,3,7-9H2,1-2H3,(H,17,18). The van der Waals surface area contributed by atoms with Crippen LogP contribution in [0.25, 0.3) is 0 Å². The molecule has 1 saturated carbocycles. The number of carbonyl (C=O) groups is 1. The van der Waals surface area contributed by atoms with Gasteiger partial charge >= 0.3 is 0 Å². The summed E-state index contributed by atoms with van der Waals surface area (Å²) in [5.41, 5.74) is 2.55. The molecule has 1 fully saturated rings. The van der Waals surface area contributed by atoms with Crippen LogP contribution in [0.3, 0.4) is 0 Å². The number of carbonyl (C=O) groups excluding carboxylic acids is 1. The second-order valence-electron chi connectivity index (χ2n) is 5.55. The van der Waals surface area contributed by atoms with Crippen molar-refractivity contribution in [3.63, 3.8) is 0 Å². The minimum Gasteiger partial charge on any atom is -0.490 e. The Hall–Kier alpha value is -1.55. The summed E-state index contributed by atoms with van der Waals surface area (Å²) >= 11 is 0. The number of hydrogen-bond acceptors (Lipinski definition) is 3. The van der Waals surface area contributed by atoms with Crippen molar-refractivity contribution in [2.24, 2.45) is 5.92 Å². The maximum absolute atomic E-state index is 11.3. The highest BCUT2D eigenvalue weighted by Gasteiger charge is 2.42. The highest BCUT2D eigenvalue weighted by atomic mass is 16.5. The Balaban J connectivity index is 1.71. The first kappa shape index (κ1) is 13.4. The van der Waals surface area contributed by atoms with Gasteiger partial charge in [0.25, 0.3) is 0 Å². The van der Waals surface area contributed by atoms with Crippen molar-refractivity contribution in [1.29, 1.82) is 0 Å². The van der Waals surface area contributed by atoms with Crippen molar-refractivity contribution in [1.82, 2.24) is 5.32 Å². The van der Waals surface area contributed by atoms with Crippen LogP contribution < -0.4 is 10.1 Å². The predicted molar refractivity (Wildman–Crippen MR) is 75.8 cm³/mol. The molecule has 1 heterocycles. The monoisotopic (exact) mass is 275 g/mol. The van der Waals surface area contributed by atoms with Gasteiger partial charge < -0.3 is 14.8 Å². The van der Waals surface area contributed by atoms with Crippen LogP contribution in [-0.4, -0.2) is 26.2 Å². The molecule has 0 spiro atoms. The fraction of sp³-hybridized carbons (Fsp3) is 0.562. The summed E-state index contributed by atoms with van der Waals surface area (Å²) in [6.45, 7) is 3.26. The van der Waals surface area contributed by atoms with Gasteiger partial charge in [0.1, 0.15) is 18.5 Å². The number of hydrogen-bond donors (Lipinski definition) is 1. The van der Waals surface area contributed by atoms with E-state index in [1.54, 1.807) is 7.11 Å². The summed E-state index contributed by atoms with van der Waals surface area (Å²) in [5.74, 6) is 2.17. The zero-order valence-electron chi connectivity index (χ0n) is 12.0. The maximum Gasteiger partial charge on any atom is 0.219 e. The van der Waals surface area contributed by atoms with Gasteiger partial charge in [-0.25, -0.2) is 0 Å². The van der Waals surface area contributed by atoms with Gasteiger partial charge in [0, 0.05) is 25.6 Å². The molecular weight excluding hydrogens is 254 g/mol. The third-order valence-corrected chi connectivity index (χ3v) is 4.30. The zero-order chi connectivity index (χ0) is 14.1. The summed E-state index contributed by atoms with van der Waals surface area (Å²) in [4.78, 5) is 11.3. The fourth-order valence-electron chi connectivity index (χ4n) is 3.01. The molecule has 0 aromatic heterocycles. The first-order valence-corrected chi connectivity index (χ1v) is 7.29. The van der Waals surface area contributed by atoms with Crippen LogP contribution in [0, 0.1) is 5.92 Å². The molecule has 2 aliphatic rings. The van der Waals surface area contributed by atoms with Crippen molar-refractivity contribution in [3.05, 3.63) is 29.3 Å². The van der Waals surface area contributed by atoms with Crippen molar-refractivity contribution < 1.29 is 14.3 Å². The molecule has 0 bridgehead atoms. The SMILES string of the molecule is CCC(=O)NCC1CC1c1cccc2c1C(OC)CO2. The van der Waals surface area contributed by atoms with Crippen LogP contribution in [-0.2, 0) is 9.53 Å². The molecule has 3 atom stereocenters. The van der Waals surface area contributed by atoms with E-state index >= 15 is 0 Å². The molecule has 1 aromatic rings. The van der Waals surface area contributed by atoms with E-state index in [0.29, 0.717) is 24.9 Å². The number of methoxy groups -OCH3 is 1. The Morgan fingerprint density at radius 1 is 1.50 bits per heavy atom. The summed E-state index contributed by atoms with van der Waals surface area (Å²) in [6, 6.07) is 6.23. The second kappa shape index (κ2) is 5.44. The molecule has 1 aromatic carbocycles. The Bertz CT molecular complexity index is 514. The van der Waals surface area contributed by atoms with Gasteiger partial charge in [-0.15, -0.1) is 0 Å². The van der Waals surface area contributed by atoms with Crippen LogP contribution in [0.5, 0.6) is 5.75 Å². The molecule has 1 amide bonds. The number of rotatable bonds is 5. The Kier molecular flexibility index (Phi) is 3.66. The largest absolute Gasteiger partial charge is 0.490 e. The van der Waals surface area contributed by atoms with Gasteiger partial charge in [-0.05, 0) is 29.9 Å². The molecule has 1 aliphatic carbocycles. The minimum absolute atomic E-state index is 0.0488.